The first-order valence-corrected chi connectivity index (χ1v) is 22.8. The number of halogens is 5. The summed E-state index contributed by atoms with van der Waals surface area (Å²) in [5.41, 5.74) is 5.15. The summed E-state index contributed by atoms with van der Waals surface area (Å²) < 4.78 is 14.9. The molecule has 7 nitrogen and oxygen atoms in total. The summed E-state index contributed by atoms with van der Waals surface area (Å²) >= 11 is 0.189. The Morgan fingerprint density at radius 3 is 2.31 bits per heavy atom. The molecular weight excluding hydrogens is 1290 g/mol. The summed E-state index contributed by atoms with van der Waals surface area (Å²) in [5, 5.41) is 24.0. The Labute approximate surface area is 350 Å². The molecule has 0 radical (unpaired) electrons. The average molecular weight is 1330 g/mol. The standard InChI is InChI=1S/C34H37I2N2O5.CFI2.U/c1-3-31(35-29-12-8-7-9-23(29)2)38-34(43)36(28-19-17-26(18-20-28)25-10-5-4-6-11-25)21-24-13-15-27(16-14-24)32(40)37-22-30(39)33(41)42;2-1(3)4;/h7,9-10,12-20,30,39H,3-6,11,21-22H2,1-2H3,(H,37,40)(H,38,43)(H,41,42);;/q2*-1;+2/t30-;;/m1../s1. The Morgan fingerprint density at radius 1 is 1.08 bits per heavy atom. The number of carboxylic acids is 1. The van der Waals surface area contributed by atoms with Crippen LogP contribution in [-0.2, 0) is 9.22 Å². The Morgan fingerprint density at radius 2 is 1.75 bits per heavy atom. The van der Waals surface area contributed by atoms with Crippen LogP contribution in [0.2, 0.25) is 0 Å². The second-order valence-corrected chi connectivity index (χ2v) is 22.4. The number of carboxylic acid groups (broad SMARTS) is 1. The maximum atomic E-state index is 14.0. The van der Waals surface area contributed by atoms with Gasteiger partial charge in [0.25, 0.3) is 0 Å². The number of amides is 2. The number of aliphatic hydroxyl groups excluding tert-OH is 1. The molecule has 3 aromatic rings. The van der Waals surface area contributed by atoms with Gasteiger partial charge in [-0.3, -0.25) is 45.2 Å². The number of carbonyl (C=O) groups excluding carboxylic acids is 2. The molecule has 0 spiro atoms. The maximum absolute atomic E-state index is 14.0. The molecule has 0 saturated heterocycles. The van der Waals surface area contributed by atoms with Gasteiger partial charge in [-0.05, 0) is 2.19 Å². The van der Waals surface area contributed by atoms with Gasteiger partial charge < -0.3 is 4.39 Å². The van der Waals surface area contributed by atoms with Gasteiger partial charge in [-0.2, -0.15) is 0 Å². The van der Waals surface area contributed by atoms with Gasteiger partial charge in [0.15, 0.2) is 0 Å². The van der Waals surface area contributed by atoms with Crippen molar-refractivity contribution in [2.75, 3.05) is 6.54 Å². The largest absolute Gasteiger partial charge is 2.00 e. The van der Waals surface area contributed by atoms with E-state index in [1.807, 2.05) is 24.3 Å². The second kappa shape index (κ2) is 23.2. The number of benzene rings is 3. The average Bonchev–Trinajstić information content (AvgIpc) is 3.07. The molecule has 3 aromatic carbocycles. The van der Waals surface area contributed by atoms with Crippen LogP contribution in [0.3, 0.4) is 0 Å². The number of carbonyl (C=O) groups is 3. The number of alkyl halides is 1. The summed E-state index contributed by atoms with van der Waals surface area (Å²) in [6, 6.07) is 24.8. The van der Waals surface area contributed by atoms with Crippen LogP contribution in [0.4, 0.5) is 9.18 Å². The van der Waals surface area contributed by atoms with Gasteiger partial charge in [0.2, 0.25) is 0 Å². The third kappa shape index (κ3) is 15.0. The Bertz CT molecular complexity index is 1570. The summed E-state index contributed by atoms with van der Waals surface area (Å²) in [5.74, 6) is -1.86. The molecule has 1 aliphatic rings. The number of aryl methyl sites for hydroxylation is 1. The summed E-state index contributed by atoms with van der Waals surface area (Å²) in [7, 11) is 0. The van der Waals surface area contributed by atoms with Crippen LogP contribution >= 0.6 is 85.7 Å². The van der Waals surface area contributed by atoms with Crippen LogP contribution in [0.1, 0.15) is 66.1 Å². The first-order chi connectivity index (χ1) is 22.5. The van der Waals surface area contributed by atoms with Gasteiger partial charge in [-0.15, -0.1) is 0 Å². The van der Waals surface area contributed by atoms with Crippen LogP contribution in [0.5, 0.6) is 0 Å². The molecular formula is C35H37FI4N2O5U. The van der Waals surface area contributed by atoms with Crippen LogP contribution in [-0.4, -0.2) is 42.3 Å². The molecule has 2 amide bonds. The predicted octanol–water partition coefficient (Wildman–Crippen LogP) is 9.17. The summed E-state index contributed by atoms with van der Waals surface area (Å²) in [6.07, 6.45) is 6.10. The van der Waals surface area contributed by atoms with Crippen molar-refractivity contribution in [1.29, 1.82) is 0 Å². The van der Waals surface area contributed by atoms with Gasteiger partial charge >= 0.3 is 303 Å². The second-order valence-electron chi connectivity index (χ2n) is 10.4. The molecule has 1 aliphatic carbocycles. The van der Waals surface area contributed by atoms with E-state index in [0.717, 1.165) is 32.0 Å². The molecule has 0 aromatic heterocycles. The zero-order chi connectivity index (χ0) is 34.3. The molecule has 13 heteroatoms. The van der Waals surface area contributed by atoms with Gasteiger partial charge in [-0.25, -0.2) is 0 Å². The van der Waals surface area contributed by atoms with E-state index in [0.29, 0.717) is 9.99 Å². The van der Waals surface area contributed by atoms with Crippen molar-refractivity contribution >= 4 is 111 Å². The van der Waals surface area contributed by atoms with E-state index in [4.69, 9.17) is 5.11 Å². The van der Waals surface area contributed by atoms with E-state index < -0.39 is 58.5 Å². The number of nitrogens with one attached hydrogen (secondary N) is 2. The van der Waals surface area contributed by atoms with E-state index in [2.05, 4.69) is 67.0 Å². The first-order valence-electron chi connectivity index (χ1n) is 14.8. The molecule has 0 saturated carbocycles. The number of aliphatic carboxylic acids is 1. The summed E-state index contributed by atoms with van der Waals surface area (Å²) in [6.45, 7) is 3.80. The number of hydrogen-bond acceptors (Lipinski definition) is 4. The molecule has 0 bridgehead atoms. The van der Waals surface area contributed by atoms with E-state index >= 15 is 0 Å². The fourth-order valence-corrected chi connectivity index (χ4v) is 12.0. The third-order valence-electron chi connectivity index (χ3n) is 7.00. The fraction of sp³-hybridized carbons (Fsp3) is 0.286. The minimum absolute atomic E-state index is 0. The van der Waals surface area contributed by atoms with E-state index in [9.17, 15) is 23.9 Å². The fourth-order valence-electron chi connectivity index (χ4n) is 4.49. The van der Waals surface area contributed by atoms with Crippen molar-refractivity contribution in [2.24, 2.45) is 0 Å². The van der Waals surface area contributed by atoms with E-state index in [1.54, 1.807) is 57.3 Å². The molecule has 256 valence electrons. The number of aliphatic hydroxyl groups is 1. The molecule has 48 heavy (non-hydrogen) atoms. The number of hydrogen-bond donors (Lipinski definition) is 4. The van der Waals surface area contributed by atoms with Crippen molar-refractivity contribution in [2.45, 2.75) is 56.5 Å². The molecule has 0 aliphatic heterocycles. The third-order valence-corrected chi connectivity index (χ3v) is 15.7. The molecule has 1 atom stereocenters. The molecule has 0 heterocycles. The van der Waals surface area contributed by atoms with Crippen LogP contribution in [0.25, 0.3) is 5.57 Å². The van der Waals surface area contributed by atoms with Crippen molar-refractivity contribution < 1.29 is 60.1 Å². The zero-order valence-corrected chi connectivity index (χ0v) is 39.3. The minimum Gasteiger partial charge on any atom is -0.433 e. The van der Waals surface area contributed by atoms with Gasteiger partial charge in [-0.1, -0.05) is 0 Å². The molecule has 4 rings (SSSR count). The summed E-state index contributed by atoms with van der Waals surface area (Å²) in [4.78, 5) is 37.2. The SMILES string of the molecule is CCC(NC(=O)I(Cc1ccc(C(=O)NC[C@@H](O)C(=O)O)cc1)c1ccc(C2=CCCCC2)cc1)=Ic1c[c-]ccc1C.F[C-](I)I.[U+2]. The smallest absolute Gasteiger partial charge is 0.433 e. The molecule has 0 unspecified atom stereocenters. The Hall–Kier alpha value is -0.458. The van der Waals surface area contributed by atoms with Crippen LogP contribution < -0.4 is 10.6 Å². The van der Waals surface area contributed by atoms with Crippen molar-refractivity contribution in [3.63, 3.8) is 0 Å². The normalized spacial score (nSPS) is 13.8. The number of rotatable bonds is 12. The van der Waals surface area contributed by atoms with Gasteiger partial charge in [0, 0.05) is 0 Å². The number of allylic oxidation sites excluding steroid dienone is 2. The Kier molecular flexibility index (Phi) is 21.1. The quantitative estimate of drug-likeness (QED) is 0.0475. The maximum Gasteiger partial charge on any atom is 2.00 e. The Balaban J connectivity index is 0.00000151. The van der Waals surface area contributed by atoms with Crippen LogP contribution in [0.15, 0.2) is 72.8 Å². The topological polar surface area (TPSA) is 116 Å². The molecule has 0 fully saturated rings. The monoisotopic (exact) mass is 1330 g/mol. The predicted molar refractivity (Wildman–Crippen MR) is 221 cm³/mol. The van der Waals surface area contributed by atoms with Gasteiger partial charge in [0.05, 0.1) is 0 Å². The van der Waals surface area contributed by atoms with Crippen LogP contribution in [0, 0.1) is 53.4 Å². The van der Waals surface area contributed by atoms with Crippen molar-refractivity contribution in [3.8, 4) is 0 Å². The van der Waals surface area contributed by atoms with Crippen molar-refractivity contribution in [3.05, 3.63) is 110 Å². The van der Waals surface area contributed by atoms with Crippen molar-refractivity contribution in [1.82, 2.24) is 10.6 Å². The van der Waals surface area contributed by atoms with Gasteiger partial charge in [0.1, 0.15) is 0 Å². The van der Waals surface area contributed by atoms with E-state index in [1.165, 1.54) is 33.1 Å². The molecule has 4 N–H and O–H groups in total. The van der Waals surface area contributed by atoms with E-state index in [-0.39, 0.29) is 43.8 Å². The first kappa shape index (κ1) is 43.7. The minimum atomic E-state index is -2.45. The zero-order valence-electron chi connectivity index (χ0n) is 26.5.